The summed E-state index contributed by atoms with van der Waals surface area (Å²) in [7, 11) is 0. The highest BCUT2D eigenvalue weighted by Gasteiger charge is 2.08. The van der Waals surface area contributed by atoms with Crippen LogP contribution in [0.25, 0.3) is 0 Å². The molecule has 0 aliphatic heterocycles. The van der Waals surface area contributed by atoms with Gasteiger partial charge in [0.2, 0.25) is 0 Å². The molecule has 6 heteroatoms. The summed E-state index contributed by atoms with van der Waals surface area (Å²) in [6.07, 6.45) is 3.17. The van der Waals surface area contributed by atoms with Gasteiger partial charge in [-0.2, -0.15) is 5.10 Å². The van der Waals surface area contributed by atoms with E-state index in [4.69, 9.17) is 16.3 Å². The smallest absolute Gasteiger partial charge is 0.272 e. The summed E-state index contributed by atoms with van der Waals surface area (Å²) >= 11 is 9.36. The number of hydrazone groups is 1. The van der Waals surface area contributed by atoms with Crippen molar-refractivity contribution in [2.24, 2.45) is 5.10 Å². The number of carbonyl (C=O) groups is 1. The van der Waals surface area contributed by atoms with Crippen molar-refractivity contribution in [2.45, 2.75) is 0 Å². The molecule has 0 saturated carbocycles. The number of ether oxygens (including phenoxy) is 1. The van der Waals surface area contributed by atoms with Gasteiger partial charge in [-0.3, -0.25) is 4.79 Å². The van der Waals surface area contributed by atoms with E-state index in [-0.39, 0.29) is 5.91 Å². The fourth-order valence-electron chi connectivity index (χ4n) is 1.77. The van der Waals surface area contributed by atoms with Crippen LogP contribution in [0, 0.1) is 0 Å². The Balaban J connectivity index is 2.11. The third-order valence-corrected chi connectivity index (χ3v) is 3.64. The van der Waals surface area contributed by atoms with Crippen LogP contribution in [-0.2, 0) is 0 Å². The van der Waals surface area contributed by atoms with Crippen LogP contribution in [0.3, 0.4) is 0 Å². The van der Waals surface area contributed by atoms with Crippen LogP contribution < -0.4 is 10.2 Å². The largest absolute Gasteiger partial charge is 0.489 e. The topological polar surface area (TPSA) is 50.7 Å². The molecule has 0 aliphatic carbocycles. The maximum Gasteiger partial charge on any atom is 0.272 e. The van der Waals surface area contributed by atoms with E-state index in [2.05, 4.69) is 33.0 Å². The summed E-state index contributed by atoms with van der Waals surface area (Å²) in [5.74, 6) is 0.263. The molecular formula is C17H14BrClN2O2. The average Bonchev–Trinajstić information content (AvgIpc) is 2.54. The van der Waals surface area contributed by atoms with Gasteiger partial charge in [-0.1, -0.05) is 52.3 Å². The Morgan fingerprint density at radius 1 is 1.35 bits per heavy atom. The number of nitrogens with zero attached hydrogens (tertiary/aromatic N) is 1. The van der Waals surface area contributed by atoms with Crippen LogP contribution in [0.15, 0.2) is 64.7 Å². The van der Waals surface area contributed by atoms with Crippen LogP contribution in [-0.4, -0.2) is 18.7 Å². The number of nitrogens with one attached hydrogen (secondary N) is 1. The molecule has 2 aromatic carbocycles. The van der Waals surface area contributed by atoms with E-state index < -0.39 is 0 Å². The van der Waals surface area contributed by atoms with Gasteiger partial charge in [-0.05, 0) is 30.3 Å². The number of carbonyl (C=O) groups excluding carboxylic acids is 1. The van der Waals surface area contributed by atoms with E-state index in [0.717, 1.165) is 10.0 Å². The SMILES string of the molecule is C=CCOc1ccc(Br)cc1/C=N\NC(=O)c1ccccc1Cl. The molecule has 2 aromatic rings. The first-order chi connectivity index (χ1) is 11.1. The summed E-state index contributed by atoms with van der Waals surface area (Å²) in [5, 5.41) is 4.33. The predicted octanol–water partition coefficient (Wildman–Crippen LogP) is 4.43. The van der Waals surface area contributed by atoms with Crippen molar-refractivity contribution in [2.75, 3.05) is 6.61 Å². The van der Waals surface area contributed by atoms with Gasteiger partial charge in [0.15, 0.2) is 0 Å². The lowest BCUT2D eigenvalue weighted by Crippen LogP contribution is -2.18. The molecule has 118 valence electrons. The molecule has 0 aliphatic rings. The molecule has 0 saturated heterocycles. The lowest BCUT2D eigenvalue weighted by atomic mass is 10.2. The standard InChI is InChI=1S/C17H14BrClN2O2/c1-2-9-23-16-8-7-13(18)10-12(16)11-20-21-17(22)14-5-3-4-6-15(14)19/h2-8,10-11H,1,9H2,(H,21,22)/b20-11-. The van der Waals surface area contributed by atoms with E-state index in [0.29, 0.717) is 22.9 Å². The number of rotatable bonds is 6. The minimum absolute atomic E-state index is 0.365. The highest BCUT2D eigenvalue weighted by atomic mass is 79.9. The summed E-state index contributed by atoms with van der Waals surface area (Å²) in [5.41, 5.74) is 3.53. The maximum atomic E-state index is 12.0. The molecule has 0 bridgehead atoms. The van der Waals surface area contributed by atoms with Crippen molar-refractivity contribution < 1.29 is 9.53 Å². The number of hydrogen-bond donors (Lipinski definition) is 1. The van der Waals surface area contributed by atoms with Gasteiger partial charge < -0.3 is 4.74 Å². The fourth-order valence-corrected chi connectivity index (χ4v) is 2.37. The quantitative estimate of drug-likeness (QED) is 0.448. The average molecular weight is 394 g/mol. The summed E-state index contributed by atoms with van der Waals surface area (Å²) in [6, 6.07) is 12.3. The van der Waals surface area contributed by atoms with Crippen LogP contribution in [0.5, 0.6) is 5.75 Å². The number of halogens is 2. The first-order valence-corrected chi connectivity index (χ1v) is 7.90. The van der Waals surface area contributed by atoms with Gasteiger partial charge in [-0.25, -0.2) is 5.43 Å². The van der Waals surface area contributed by atoms with E-state index in [1.165, 1.54) is 6.21 Å². The normalized spacial score (nSPS) is 10.5. The molecule has 0 fully saturated rings. The van der Waals surface area contributed by atoms with E-state index >= 15 is 0 Å². The Hall–Kier alpha value is -2.11. The van der Waals surface area contributed by atoms with Crippen molar-refractivity contribution in [1.82, 2.24) is 5.43 Å². The number of benzene rings is 2. The van der Waals surface area contributed by atoms with E-state index in [1.54, 1.807) is 30.3 Å². The van der Waals surface area contributed by atoms with Crippen molar-refractivity contribution in [1.29, 1.82) is 0 Å². The second kappa shape index (κ2) is 8.50. The molecule has 2 rings (SSSR count). The predicted molar refractivity (Wildman–Crippen MR) is 96.3 cm³/mol. The van der Waals surface area contributed by atoms with Gasteiger partial charge in [-0.15, -0.1) is 0 Å². The lowest BCUT2D eigenvalue weighted by Gasteiger charge is -2.07. The Morgan fingerprint density at radius 2 is 2.13 bits per heavy atom. The molecule has 0 atom stereocenters. The molecule has 0 spiro atoms. The van der Waals surface area contributed by atoms with Gasteiger partial charge in [0.05, 0.1) is 16.8 Å². The van der Waals surface area contributed by atoms with Crippen LogP contribution in [0.4, 0.5) is 0 Å². The molecule has 0 unspecified atom stereocenters. The highest BCUT2D eigenvalue weighted by Crippen LogP contribution is 2.22. The van der Waals surface area contributed by atoms with Crippen molar-refractivity contribution >= 4 is 39.7 Å². The fraction of sp³-hybridized carbons (Fsp3) is 0.0588. The van der Waals surface area contributed by atoms with Gasteiger partial charge in [0.25, 0.3) is 5.91 Å². The van der Waals surface area contributed by atoms with E-state index in [9.17, 15) is 4.79 Å². The number of hydrogen-bond acceptors (Lipinski definition) is 3. The Labute approximate surface area is 147 Å². The van der Waals surface area contributed by atoms with Crippen LogP contribution in [0.1, 0.15) is 15.9 Å². The Morgan fingerprint density at radius 3 is 2.87 bits per heavy atom. The van der Waals surface area contributed by atoms with Crippen molar-refractivity contribution in [3.63, 3.8) is 0 Å². The summed E-state index contributed by atoms with van der Waals surface area (Å²) in [6.45, 7) is 4.00. The van der Waals surface area contributed by atoms with Gasteiger partial charge >= 0.3 is 0 Å². The summed E-state index contributed by atoms with van der Waals surface area (Å²) < 4.78 is 6.42. The molecule has 0 aromatic heterocycles. The maximum absolute atomic E-state index is 12.0. The first kappa shape index (κ1) is 17.2. The molecule has 1 amide bonds. The van der Waals surface area contributed by atoms with Gasteiger partial charge in [0.1, 0.15) is 12.4 Å². The monoisotopic (exact) mass is 392 g/mol. The molecule has 4 nitrogen and oxygen atoms in total. The van der Waals surface area contributed by atoms with Gasteiger partial charge in [0, 0.05) is 10.0 Å². The minimum Gasteiger partial charge on any atom is -0.489 e. The second-order valence-electron chi connectivity index (χ2n) is 4.46. The third kappa shape index (κ3) is 4.94. The molecule has 0 heterocycles. The van der Waals surface area contributed by atoms with E-state index in [1.807, 2.05) is 18.2 Å². The lowest BCUT2D eigenvalue weighted by molar-refractivity contribution is 0.0955. The minimum atomic E-state index is -0.379. The van der Waals surface area contributed by atoms with Crippen LogP contribution in [0.2, 0.25) is 5.02 Å². The first-order valence-electron chi connectivity index (χ1n) is 6.73. The molecule has 23 heavy (non-hydrogen) atoms. The molecule has 0 radical (unpaired) electrons. The van der Waals surface area contributed by atoms with Crippen molar-refractivity contribution in [3.05, 3.63) is 75.7 Å². The van der Waals surface area contributed by atoms with Crippen molar-refractivity contribution in [3.8, 4) is 5.75 Å². The zero-order valence-corrected chi connectivity index (χ0v) is 14.5. The zero-order valence-electron chi connectivity index (χ0n) is 12.1. The second-order valence-corrected chi connectivity index (χ2v) is 5.78. The molecule has 1 N–H and O–H groups in total. The zero-order chi connectivity index (χ0) is 16.7. The highest BCUT2D eigenvalue weighted by molar-refractivity contribution is 9.10. The Bertz CT molecular complexity index is 747. The number of amides is 1. The summed E-state index contributed by atoms with van der Waals surface area (Å²) in [4.78, 5) is 12.0. The molecular weight excluding hydrogens is 380 g/mol. The van der Waals surface area contributed by atoms with Crippen LogP contribution >= 0.6 is 27.5 Å². The Kier molecular flexibility index (Phi) is 6.38. The third-order valence-electron chi connectivity index (χ3n) is 2.82.